The predicted molar refractivity (Wildman–Crippen MR) is 118 cm³/mol. The number of carbonyl (C=O) groups is 1. The van der Waals surface area contributed by atoms with Crippen LogP contribution in [0.25, 0.3) is 22.5 Å². The molecule has 0 aliphatic rings. The van der Waals surface area contributed by atoms with Gasteiger partial charge < -0.3 is 19.3 Å². The number of aromatic nitrogens is 1. The first kappa shape index (κ1) is 20.2. The molecule has 6 heteroatoms. The normalized spacial score (nSPS) is 10.5. The van der Waals surface area contributed by atoms with Crippen molar-refractivity contribution in [1.82, 2.24) is 10.5 Å². The van der Waals surface area contributed by atoms with E-state index in [1.807, 2.05) is 54.6 Å². The Morgan fingerprint density at radius 3 is 2.35 bits per heavy atom. The fourth-order valence-electron chi connectivity index (χ4n) is 3.07. The minimum atomic E-state index is -0.250. The van der Waals surface area contributed by atoms with E-state index >= 15 is 0 Å². The molecule has 0 radical (unpaired) electrons. The molecule has 31 heavy (non-hydrogen) atoms. The molecule has 0 unspecified atom stereocenters. The van der Waals surface area contributed by atoms with Crippen LogP contribution in [0.3, 0.4) is 0 Å². The van der Waals surface area contributed by atoms with Crippen molar-refractivity contribution in [2.75, 3.05) is 13.7 Å². The maximum absolute atomic E-state index is 12.1. The summed E-state index contributed by atoms with van der Waals surface area (Å²) < 4.78 is 16.1. The number of amides is 1. The van der Waals surface area contributed by atoms with Crippen LogP contribution < -0.4 is 14.8 Å². The standard InChI is InChI=1S/C25H22N2O4/c1-29-22-8-5-9-23(15-22)30-17-25(28)26-16-21-14-24(31-27-21)20-12-10-19(11-13-20)18-6-3-2-4-7-18/h2-15H,16-17H2,1H3,(H,26,28). The smallest absolute Gasteiger partial charge is 0.258 e. The molecule has 4 rings (SSSR count). The quantitative estimate of drug-likeness (QED) is 0.452. The molecule has 0 atom stereocenters. The number of nitrogens with one attached hydrogen (secondary N) is 1. The molecule has 0 aliphatic carbocycles. The summed E-state index contributed by atoms with van der Waals surface area (Å²) >= 11 is 0. The summed E-state index contributed by atoms with van der Waals surface area (Å²) in [5.41, 5.74) is 3.85. The van der Waals surface area contributed by atoms with E-state index in [-0.39, 0.29) is 19.1 Å². The van der Waals surface area contributed by atoms with Gasteiger partial charge in [-0.15, -0.1) is 0 Å². The van der Waals surface area contributed by atoms with E-state index in [2.05, 4.69) is 22.6 Å². The molecule has 1 heterocycles. The van der Waals surface area contributed by atoms with E-state index in [4.69, 9.17) is 14.0 Å². The van der Waals surface area contributed by atoms with Crippen molar-refractivity contribution in [3.8, 4) is 33.9 Å². The summed E-state index contributed by atoms with van der Waals surface area (Å²) in [7, 11) is 1.58. The van der Waals surface area contributed by atoms with E-state index in [0.717, 1.165) is 16.7 Å². The summed E-state index contributed by atoms with van der Waals surface area (Å²) in [5, 5.41) is 6.81. The summed E-state index contributed by atoms with van der Waals surface area (Å²) in [6.07, 6.45) is 0. The van der Waals surface area contributed by atoms with E-state index in [1.165, 1.54) is 0 Å². The predicted octanol–water partition coefficient (Wildman–Crippen LogP) is 4.71. The number of benzene rings is 3. The van der Waals surface area contributed by atoms with Crippen LogP contribution in [0, 0.1) is 0 Å². The van der Waals surface area contributed by atoms with Gasteiger partial charge in [-0.25, -0.2) is 0 Å². The molecule has 1 N–H and O–H groups in total. The molecular formula is C25H22N2O4. The highest BCUT2D eigenvalue weighted by molar-refractivity contribution is 5.77. The number of nitrogens with zero attached hydrogens (tertiary/aromatic N) is 1. The zero-order valence-electron chi connectivity index (χ0n) is 17.1. The Hall–Kier alpha value is -4.06. The van der Waals surface area contributed by atoms with E-state index in [0.29, 0.717) is 23.0 Å². The van der Waals surface area contributed by atoms with E-state index in [9.17, 15) is 4.79 Å². The van der Waals surface area contributed by atoms with Gasteiger partial charge in [0.15, 0.2) is 12.4 Å². The van der Waals surface area contributed by atoms with Crippen LogP contribution in [0.15, 0.2) is 89.5 Å². The second-order valence-electron chi connectivity index (χ2n) is 6.87. The van der Waals surface area contributed by atoms with Gasteiger partial charge in [0, 0.05) is 17.7 Å². The SMILES string of the molecule is COc1cccc(OCC(=O)NCc2cc(-c3ccc(-c4ccccc4)cc3)on2)c1. The van der Waals surface area contributed by atoms with Crippen molar-refractivity contribution in [1.29, 1.82) is 0 Å². The Labute approximate surface area is 180 Å². The summed E-state index contributed by atoms with van der Waals surface area (Å²) in [6.45, 7) is 0.157. The summed E-state index contributed by atoms with van der Waals surface area (Å²) in [6, 6.07) is 27.2. The van der Waals surface area contributed by atoms with Gasteiger partial charge in [0.2, 0.25) is 0 Å². The van der Waals surface area contributed by atoms with Crippen LogP contribution in [-0.2, 0) is 11.3 Å². The molecule has 4 aromatic rings. The van der Waals surface area contributed by atoms with Crippen LogP contribution >= 0.6 is 0 Å². The van der Waals surface area contributed by atoms with Crippen molar-refractivity contribution in [3.05, 3.63) is 90.6 Å². The van der Waals surface area contributed by atoms with E-state index in [1.54, 1.807) is 25.3 Å². The van der Waals surface area contributed by atoms with Crippen molar-refractivity contribution < 1.29 is 18.8 Å². The van der Waals surface area contributed by atoms with Crippen LogP contribution in [0.4, 0.5) is 0 Å². The Morgan fingerprint density at radius 1 is 0.871 bits per heavy atom. The lowest BCUT2D eigenvalue weighted by Gasteiger charge is -2.07. The molecule has 0 spiro atoms. The van der Waals surface area contributed by atoms with Gasteiger partial charge in [0.1, 0.15) is 17.2 Å². The second kappa shape index (κ2) is 9.63. The third-order valence-electron chi connectivity index (χ3n) is 4.71. The lowest BCUT2D eigenvalue weighted by Crippen LogP contribution is -2.28. The molecule has 0 saturated heterocycles. The largest absolute Gasteiger partial charge is 0.497 e. The van der Waals surface area contributed by atoms with Gasteiger partial charge in [-0.3, -0.25) is 4.79 Å². The average molecular weight is 414 g/mol. The lowest BCUT2D eigenvalue weighted by molar-refractivity contribution is -0.123. The molecule has 6 nitrogen and oxygen atoms in total. The number of ether oxygens (including phenoxy) is 2. The van der Waals surface area contributed by atoms with E-state index < -0.39 is 0 Å². The van der Waals surface area contributed by atoms with Gasteiger partial charge in [-0.05, 0) is 23.3 Å². The zero-order chi connectivity index (χ0) is 21.5. The van der Waals surface area contributed by atoms with Gasteiger partial charge in [0.05, 0.1) is 13.7 Å². The van der Waals surface area contributed by atoms with Crippen LogP contribution in [0.5, 0.6) is 11.5 Å². The molecule has 0 aliphatic heterocycles. The first-order valence-corrected chi connectivity index (χ1v) is 9.86. The first-order chi connectivity index (χ1) is 15.2. The molecule has 3 aromatic carbocycles. The molecule has 0 bridgehead atoms. The second-order valence-corrected chi connectivity index (χ2v) is 6.87. The van der Waals surface area contributed by atoms with Gasteiger partial charge in [-0.2, -0.15) is 0 Å². The van der Waals surface area contributed by atoms with Crippen molar-refractivity contribution in [2.45, 2.75) is 6.54 Å². The van der Waals surface area contributed by atoms with Crippen molar-refractivity contribution in [2.24, 2.45) is 0 Å². The first-order valence-electron chi connectivity index (χ1n) is 9.86. The lowest BCUT2D eigenvalue weighted by atomic mass is 10.0. The monoisotopic (exact) mass is 414 g/mol. The average Bonchev–Trinajstić information content (AvgIpc) is 3.31. The zero-order valence-corrected chi connectivity index (χ0v) is 17.1. The maximum Gasteiger partial charge on any atom is 0.258 e. The molecule has 0 fully saturated rings. The molecule has 156 valence electrons. The van der Waals surface area contributed by atoms with Gasteiger partial charge in [0.25, 0.3) is 5.91 Å². The fraction of sp³-hybridized carbons (Fsp3) is 0.120. The molecule has 1 aromatic heterocycles. The minimum Gasteiger partial charge on any atom is -0.497 e. The van der Waals surface area contributed by atoms with Crippen molar-refractivity contribution in [3.63, 3.8) is 0 Å². The Balaban J connectivity index is 1.30. The molecule has 0 saturated carbocycles. The molecular weight excluding hydrogens is 392 g/mol. The van der Waals surface area contributed by atoms with Gasteiger partial charge >= 0.3 is 0 Å². The Kier molecular flexibility index (Phi) is 6.28. The van der Waals surface area contributed by atoms with Crippen molar-refractivity contribution >= 4 is 5.91 Å². The topological polar surface area (TPSA) is 73.6 Å². The highest BCUT2D eigenvalue weighted by Gasteiger charge is 2.09. The van der Waals surface area contributed by atoms with Crippen LogP contribution in [-0.4, -0.2) is 24.8 Å². The third-order valence-corrected chi connectivity index (χ3v) is 4.71. The number of carbonyl (C=O) groups excluding carboxylic acids is 1. The summed E-state index contributed by atoms with van der Waals surface area (Å²) in [5.74, 6) is 1.64. The van der Waals surface area contributed by atoms with Crippen LogP contribution in [0.1, 0.15) is 5.69 Å². The fourth-order valence-corrected chi connectivity index (χ4v) is 3.07. The maximum atomic E-state index is 12.1. The Bertz CT molecular complexity index is 1140. The minimum absolute atomic E-state index is 0.0984. The molecule has 1 amide bonds. The number of methoxy groups -OCH3 is 1. The Morgan fingerprint density at radius 2 is 1.58 bits per heavy atom. The summed E-state index contributed by atoms with van der Waals surface area (Å²) in [4.78, 5) is 12.1. The number of rotatable bonds is 8. The van der Waals surface area contributed by atoms with Crippen LogP contribution in [0.2, 0.25) is 0 Å². The number of hydrogen-bond donors (Lipinski definition) is 1. The van der Waals surface area contributed by atoms with Gasteiger partial charge in [-0.1, -0.05) is 65.8 Å². The highest BCUT2D eigenvalue weighted by Crippen LogP contribution is 2.25. The number of hydrogen-bond acceptors (Lipinski definition) is 5. The third kappa shape index (κ3) is 5.30. The highest BCUT2D eigenvalue weighted by atomic mass is 16.5.